The fourth-order valence-electron chi connectivity index (χ4n) is 4.89. The Morgan fingerprint density at radius 2 is 1.60 bits per heavy atom. The number of allylic oxidation sites excluding steroid dienone is 2. The number of hydrogen-bond donors (Lipinski definition) is 0. The number of carbonyl (C=O) groups is 3. The number of rotatable bonds is 6. The number of non-ortho nitro benzene ring substituents is 1. The summed E-state index contributed by atoms with van der Waals surface area (Å²) in [5, 5.41) is 27.1. The number of imide groups is 1. The number of nitrogens with zero attached hydrogens (tertiary/aromatic N) is 4. The summed E-state index contributed by atoms with van der Waals surface area (Å²) in [5.41, 5.74) is -0.860. The van der Waals surface area contributed by atoms with Crippen molar-refractivity contribution in [3.8, 4) is 5.75 Å². The van der Waals surface area contributed by atoms with Gasteiger partial charge < -0.3 is 4.74 Å². The average Bonchev–Trinajstić information content (AvgIpc) is 3.52. The van der Waals surface area contributed by atoms with Crippen molar-refractivity contribution < 1.29 is 29.0 Å². The third-order valence-electron chi connectivity index (χ3n) is 6.49. The fourth-order valence-corrected chi connectivity index (χ4v) is 4.89. The lowest BCUT2D eigenvalue weighted by Crippen LogP contribution is -2.28. The first kappa shape index (κ1) is 22.1. The lowest BCUT2D eigenvalue weighted by atomic mass is 9.85. The van der Waals surface area contributed by atoms with Crippen LogP contribution in [0.4, 0.5) is 11.4 Å². The molecular formula is C23H16N4O8. The van der Waals surface area contributed by atoms with E-state index in [4.69, 9.17) is 4.74 Å². The van der Waals surface area contributed by atoms with Gasteiger partial charge >= 0.3 is 11.7 Å². The molecule has 2 aliphatic carbocycles. The Bertz CT molecular complexity index is 1320. The van der Waals surface area contributed by atoms with E-state index in [2.05, 4.69) is 5.10 Å². The van der Waals surface area contributed by atoms with Crippen molar-refractivity contribution in [3.05, 3.63) is 86.0 Å². The SMILES string of the molecule is O=C(Oc1c(C=NN2C(=O)[C@@H]3[C@H](C2=O)[C@H]2C=C[C@H]3C2)cccc1[N+](=O)[O-])c1ccc([N+](=O)[O-])cc1. The number of benzene rings is 2. The molecule has 0 N–H and O–H groups in total. The van der Waals surface area contributed by atoms with Crippen molar-refractivity contribution in [3.63, 3.8) is 0 Å². The number of esters is 1. The molecule has 176 valence electrons. The maximum absolute atomic E-state index is 12.8. The molecule has 12 nitrogen and oxygen atoms in total. The minimum Gasteiger partial charge on any atom is -0.415 e. The van der Waals surface area contributed by atoms with E-state index in [9.17, 15) is 34.6 Å². The molecule has 0 aromatic heterocycles. The van der Waals surface area contributed by atoms with Crippen LogP contribution in [0.2, 0.25) is 0 Å². The predicted molar refractivity (Wildman–Crippen MR) is 118 cm³/mol. The molecule has 5 rings (SSSR count). The largest absolute Gasteiger partial charge is 0.415 e. The lowest BCUT2D eigenvalue weighted by Gasteiger charge is -2.13. The molecule has 1 aliphatic heterocycles. The number of hydrogen-bond acceptors (Lipinski definition) is 9. The molecule has 2 fully saturated rings. The highest BCUT2D eigenvalue weighted by atomic mass is 16.6. The van der Waals surface area contributed by atoms with Crippen molar-refractivity contribution in [1.29, 1.82) is 0 Å². The molecule has 1 heterocycles. The van der Waals surface area contributed by atoms with Crippen LogP contribution in [0, 0.1) is 43.9 Å². The molecular weight excluding hydrogens is 460 g/mol. The van der Waals surface area contributed by atoms with Crippen LogP contribution in [-0.2, 0) is 9.59 Å². The van der Waals surface area contributed by atoms with Gasteiger partial charge in [0.25, 0.3) is 17.5 Å². The first-order valence-corrected chi connectivity index (χ1v) is 10.6. The number of hydrazone groups is 1. The molecule has 1 saturated heterocycles. The zero-order chi connectivity index (χ0) is 24.9. The second-order valence-corrected chi connectivity index (χ2v) is 8.38. The van der Waals surface area contributed by atoms with Gasteiger partial charge in [0, 0.05) is 23.8 Å². The fraction of sp³-hybridized carbons (Fsp3) is 0.217. The van der Waals surface area contributed by atoms with Gasteiger partial charge in [-0.15, -0.1) is 0 Å². The summed E-state index contributed by atoms with van der Waals surface area (Å²) in [7, 11) is 0. The molecule has 12 heteroatoms. The van der Waals surface area contributed by atoms with Gasteiger partial charge in [-0.2, -0.15) is 10.1 Å². The monoisotopic (exact) mass is 476 g/mol. The number of carbonyl (C=O) groups excluding carboxylic acids is 3. The molecule has 4 atom stereocenters. The third-order valence-corrected chi connectivity index (χ3v) is 6.49. The normalized spacial score (nSPS) is 24.3. The molecule has 0 unspecified atom stereocenters. The lowest BCUT2D eigenvalue weighted by molar-refractivity contribution is -0.385. The highest BCUT2D eigenvalue weighted by Gasteiger charge is 2.59. The summed E-state index contributed by atoms with van der Waals surface area (Å²) < 4.78 is 5.27. The van der Waals surface area contributed by atoms with Crippen LogP contribution >= 0.6 is 0 Å². The standard InChI is InChI=1S/C23H16N4O8/c28-21-18-13-4-5-14(10-13)19(18)22(29)25(21)24-11-15-2-1-3-17(27(33)34)20(15)35-23(30)12-6-8-16(9-7-12)26(31)32/h1-9,11,13-14,18-19H,10H2/t13-,14-,18-,19+/m0/s1. The first-order valence-electron chi connectivity index (χ1n) is 10.6. The van der Waals surface area contributed by atoms with Gasteiger partial charge in [0.1, 0.15) is 0 Å². The van der Waals surface area contributed by atoms with Gasteiger partial charge in [0.05, 0.1) is 33.5 Å². The van der Waals surface area contributed by atoms with E-state index in [1.54, 1.807) is 0 Å². The van der Waals surface area contributed by atoms with E-state index >= 15 is 0 Å². The van der Waals surface area contributed by atoms with Crippen molar-refractivity contribution >= 4 is 35.4 Å². The molecule has 35 heavy (non-hydrogen) atoms. The van der Waals surface area contributed by atoms with Crippen LogP contribution in [0.15, 0.2) is 59.7 Å². The Labute approximate surface area is 196 Å². The summed E-state index contributed by atoms with van der Waals surface area (Å²) in [5.74, 6) is -3.21. The molecule has 3 aliphatic rings. The third kappa shape index (κ3) is 3.64. The van der Waals surface area contributed by atoms with E-state index in [0.717, 1.165) is 48.0 Å². The maximum Gasteiger partial charge on any atom is 0.343 e. The average molecular weight is 476 g/mol. The molecule has 2 aromatic rings. The number of para-hydroxylation sites is 1. The van der Waals surface area contributed by atoms with E-state index < -0.39 is 50.9 Å². The van der Waals surface area contributed by atoms with E-state index in [1.807, 2.05) is 12.2 Å². The molecule has 2 bridgehead atoms. The van der Waals surface area contributed by atoms with E-state index in [-0.39, 0.29) is 28.7 Å². The topological polar surface area (TPSA) is 162 Å². The van der Waals surface area contributed by atoms with Gasteiger partial charge in [-0.05, 0) is 36.5 Å². The second-order valence-electron chi connectivity index (χ2n) is 8.38. The molecule has 2 aromatic carbocycles. The maximum atomic E-state index is 12.8. The van der Waals surface area contributed by atoms with Crippen LogP contribution in [0.25, 0.3) is 0 Å². The Morgan fingerprint density at radius 1 is 0.971 bits per heavy atom. The van der Waals surface area contributed by atoms with Crippen LogP contribution in [0.1, 0.15) is 22.3 Å². The van der Waals surface area contributed by atoms with Crippen LogP contribution < -0.4 is 4.74 Å². The minimum absolute atomic E-state index is 0.00215. The summed E-state index contributed by atoms with van der Waals surface area (Å²) in [6, 6.07) is 8.36. The molecule has 0 spiro atoms. The van der Waals surface area contributed by atoms with Crippen molar-refractivity contribution in [1.82, 2.24) is 5.01 Å². The zero-order valence-electron chi connectivity index (χ0n) is 17.8. The number of amides is 2. The number of ether oxygens (including phenoxy) is 1. The first-order chi connectivity index (χ1) is 16.8. The smallest absolute Gasteiger partial charge is 0.343 e. The summed E-state index contributed by atoms with van der Waals surface area (Å²) in [6.45, 7) is 0. The highest BCUT2D eigenvalue weighted by Crippen LogP contribution is 2.52. The number of fused-ring (bicyclic) bond motifs is 5. The van der Waals surface area contributed by atoms with Crippen molar-refractivity contribution in [2.24, 2.45) is 28.8 Å². The van der Waals surface area contributed by atoms with E-state index in [1.165, 1.54) is 12.1 Å². The second kappa shape index (κ2) is 8.24. The number of nitro benzene ring substituents is 2. The van der Waals surface area contributed by atoms with Crippen molar-refractivity contribution in [2.75, 3.05) is 0 Å². The Balaban J connectivity index is 1.43. The summed E-state index contributed by atoms with van der Waals surface area (Å²) in [6.07, 6.45) is 5.72. The van der Waals surface area contributed by atoms with Gasteiger partial charge in [-0.1, -0.05) is 18.2 Å². The van der Waals surface area contributed by atoms with Crippen LogP contribution in [0.3, 0.4) is 0 Å². The quantitative estimate of drug-likeness (QED) is 0.117. The van der Waals surface area contributed by atoms with Gasteiger partial charge in [0.2, 0.25) is 5.75 Å². The highest BCUT2D eigenvalue weighted by molar-refractivity contribution is 6.07. The Morgan fingerprint density at radius 3 is 2.17 bits per heavy atom. The number of nitro groups is 2. The van der Waals surface area contributed by atoms with Crippen molar-refractivity contribution in [2.45, 2.75) is 6.42 Å². The minimum atomic E-state index is -0.991. The summed E-state index contributed by atoms with van der Waals surface area (Å²) in [4.78, 5) is 59.2. The predicted octanol–water partition coefficient (Wildman–Crippen LogP) is 2.86. The molecule has 0 radical (unpaired) electrons. The van der Waals surface area contributed by atoms with E-state index in [0.29, 0.717) is 0 Å². The van der Waals surface area contributed by atoms with Gasteiger partial charge in [-0.3, -0.25) is 29.8 Å². The van der Waals surface area contributed by atoms with Crippen LogP contribution in [-0.4, -0.2) is 38.9 Å². The van der Waals surface area contributed by atoms with Crippen LogP contribution in [0.5, 0.6) is 5.75 Å². The van der Waals surface area contributed by atoms with Gasteiger partial charge in [0.15, 0.2) is 0 Å². The summed E-state index contributed by atoms with van der Waals surface area (Å²) >= 11 is 0. The zero-order valence-corrected chi connectivity index (χ0v) is 17.8. The Kier molecular flexibility index (Phi) is 5.20. The molecule has 2 amide bonds. The molecule has 1 saturated carbocycles. The van der Waals surface area contributed by atoms with Gasteiger partial charge in [-0.25, -0.2) is 4.79 Å². The Hall–Kier alpha value is -4.74.